The van der Waals surface area contributed by atoms with Gasteiger partial charge in [0.1, 0.15) is 0 Å². The van der Waals surface area contributed by atoms with Gasteiger partial charge in [-0.15, -0.1) is 19.0 Å². The van der Waals surface area contributed by atoms with Crippen LogP contribution in [0.1, 0.15) is 17.2 Å². The van der Waals surface area contributed by atoms with E-state index in [4.69, 9.17) is 5.73 Å². The summed E-state index contributed by atoms with van der Waals surface area (Å²) >= 11 is 3.40. The van der Waals surface area contributed by atoms with Crippen LogP contribution in [-0.2, 0) is 0 Å². The van der Waals surface area contributed by atoms with Gasteiger partial charge in [-0.05, 0) is 30.2 Å². The number of hydrogen-bond acceptors (Lipinski definition) is 1. The predicted molar refractivity (Wildman–Crippen MR) is 63.3 cm³/mol. The number of benzene rings is 1. The first-order valence-electron chi connectivity index (χ1n) is 3.79. The van der Waals surface area contributed by atoms with Crippen molar-refractivity contribution in [2.45, 2.75) is 13.0 Å². The van der Waals surface area contributed by atoms with Crippen molar-refractivity contribution in [1.82, 2.24) is 0 Å². The summed E-state index contributed by atoms with van der Waals surface area (Å²) < 4.78 is 1.06. The Bertz CT molecular complexity index is 299. The topological polar surface area (TPSA) is 26.0 Å². The summed E-state index contributed by atoms with van der Waals surface area (Å²) in [6.07, 6.45) is 1.74. The van der Waals surface area contributed by atoms with E-state index in [2.05, 4.69) is 22.5 Å². The van der Waals surface area contributed by atoms with Crippen LogP contribution in [0, 0.1) is 6.92 Å². The van der Waals surface area contributed by atoms with Crippen LogP contribution in [0.3, 0.4) is 0 Å². The van der Waals surface area contributed by atoms with Crippen LogP contribution < -0.4 is 5.73 Å². The molecule has 0 aliphatic heterocycles. The van der Waals surface area contributed by atoms with Crippen molar-refractivity contribution in [2.24, 2.45) is 5.73 Å². The standard InChI is InChI=1S/C10H12BrN.ClH/c1-3-10(12)9-6-8(11)5-4-7(9)2;/h3-6,10H,1,12H2,2H3;1H/t10-;/m1./s1. The lowest BCUT2D eigenvalue weighted by molar-refractivity contribution is 0.901. The molecule has 0 aromatic heterocycles. The average Bonchev–Trinajstić information content (AvgIpc) is 2.08. The minimum absolute atomic E-state index is 0. The molecule has 0 radical (unpaired) electrons. The fourth-order valence-corrected chi connectivity index (χ4v) is 1.48. The average molecular weight is 263 g/mol. The summed E-state index contributed by atoms with van der Waals surface area (Å²) in [4.78, 5) is 0. The van der Waals surface area contributed by atoms with Gasteiger partial charge in [-0.3, -0.25) is 0 Å². The van der Waals surface area contributed by atoms with Gasteiger partial charge in [-0.25, -0.2) is 0 Å². The van der Waals surface area contributed by atoms with Gasteiger partial charge in [0.2, 0.25) is 0 Å². The van der Waals surface area contributed by atoms with E-state index in [1.165, 1.54) is 5.56 Å². The summed E-state index contributed by atoms with van der Waals surface area (Å²) in [6, 6.07) is 6.02. The molecule has 0 aliphatic rings. The highest BCUT2D eigenvalue weighted by Crippen LogP contribution is 2.21. The first kappa shape index (κ1) is 12.7. The second kappa shape index (κ2) is 5.43. The fourth-order valence-electron chi connectivity index (χ4n) is 1.10. The molecule has 0 unspecified atom stereocenters. The Labute approximate surface area is 93.6 Å². The Morgan fingerprint density at radius 2 is 2.15 bits per heavy atom. The molecule has 0 saturated heterocycles. The van der Waals surface area contributed by atoms with Crippen LogP contribution in [0.4, 0.5) is 0 Å². The fraction of sp³-hybridized carbons (Fsp3) is 0.200. The SMILES string of the molecule is C=C[C@@H](N)c1cc(Br)ccc1C.Cl. The summed E-state index contributed by atoms with van der Waals surface area (Å²) in [7, 11) is 0. The molecular weight excluding hydrogens is 249 g/mol. The van der Waals surface area contributed by atoms with Gasteiger partial charge in [0, 0.05) is 10.5 Å². The number of rotatable bonds is 2. The molecule has 1 nitrogen and oxygen atoms in total. The zero-order valence-corrected chi connectivity index (χ0v) is 9.86. The summed E-state index contributed by atoms with van der Waals surface area (Å²) in [5.41, 5.74) is 8.15. The van der Waals surface area contributed by atoms with Crippen LogP contribution in [0.2, 0.25) is 0 Å². The monoisotopic (exact) mass is 261 g/mol. The molecule has 1 atom stereocenters. The maximum absolute atomic E-state index is 5.83. The molecule has 2 N–H and O–H groups in total. The maximum Gasteiger partial charge on any atom is 0.0481 e. The second-order valence-corrected chi connectivity index (χ2v) is 3.68. The van der Waals surface area contributed by atoms with E-state index in [0.29, 0.717) is 0 Å². The second-order valence-electron chi connectivity index (χ2n) is 2.76. The van der Waals surface area contributed by atoms with Crippen molar-refractivity contribution >= 4 is 28.3 Å². The van der Waals surface area contributed by atoms with Crippen molar-refractivity contribution in [3.63, 3.8) is 0 Å². The number of hydrogen-bond donors (Lipinski definition) is 1. The van der Waals surface area contributed by atoms with Crippen LogP contribution in [0.5, 0.6) is 0 Å². The minimum atomic E-state index is -0.0671. The van der Waals surface area contributed by atoms with Gasteiger partial charge >= 0.3 is 0 Å². The van der Waals surface area contributed by atoms with Crippen LogP contribution >= 0.6 is 28.3 Å². The molecule has 1 aromatic carbocycles. The van der Waals surface area contributed by atoms with E-state index in [1.54, 1.807) is 6.08 Å². The molecular formula is C10H13BrClN. The summed E-state index contributed by atoms with van der Waals surface area (Å²) in [5, 5.41) is 0. The van der Waals surface area contributed by atoms with Gasteiger partial charge in [-0.2, -0.15) is 0 Å². The Hall–Kier alpha value is -0.310. The molecule has 72 valence electrons. The van der Waals surface area contributed by atoms with Crippen LogP contribution in [-0.4, -0.2) is 0 Å². The van der Waals surface area contributed by atoms with Crippen molar-refractivity contribution in [2.75, 3.05) is 0 Å². The quantitative estimate of drug-likeness (QED) is 0.813. The highest BCUT2D eigenvalue weighted by molar-refractivity contribution is 9.10. The van der Waals surface area contributed by atoms with Crippen molar-refractivity contribution in [3.8, 4) is 0 Å². The van der Waals surface area contributed by atoms with Crippen LogP contribution in [0.15, 0.2) is 35.3 Å². The van der Waals surface area contributed by atoms with Crippen molar-refractivity contribution < 1.29 is 0 Å². The van der Waals surface area contributed by atoms with E-state index in [-0.39, 0.29) is 18.4 Å². The molecule has 1 aromatic rings. The van der Waals surface area contributed by atoms with E-state index in [0.717, 1.165) is 10.0 Å². The number of halogens is 2. The zero-order chi connectivity index (χ0) is 9.14. The van der Waals surface area contributed by atoms with Crippen molar-refractivity contribution in [1.29, 1.82) is 0 Å². The van der Waals surface area contributed by atoms with E-state index in [1.807, 2.05) is 25.1 Å². The highest BCUT2D eigenvalue weighted by Gasteiger charge is 2.04. The van der Waals surface area contributed by atoms with Gasteiger partial charge in [0.15, 0.2) is 0 Å². The third-order valence-electron chi connectivity index (χ3n) is 1.85. The van der Waals surface area contributed by atoms with Crippen molar-refractivity contribution in [3.05, 3.63) is 46.5 Å². The zero-order valence-electron chi connectivity index (χ0n) is 7.46. The predicted octanol–water partition coefficient (Wildman–Crippen LogP) is 3.37. The Morgan fingerprint density at radius 1 is 1.54 bits per heavy atom. The normalized spacial score (nSPS) is 11.6. The Morgan fingerprint density at radius 3 is 2.69 bits per heavy atom. The Kier molecular flexibility index (Phi) is 5.30. The first-order chi connectivity index (χ1) is 5.65. The maximum atomic E-state index is 5.83. The molecule has 0 amide bonds. The van der Waals surface area contributed by atoms with Gasteiger partial charge in [-0.1, -0.05) is 28.1 Å². The lowest BCUT2D eigenvalue weighted by Crippen LogP contribution is -2.07. The lowest BCUT2D eigenvalue weighted by atomic mass is 10.0. The largest absolute Gasteiger partial charge is 0.321 e. The van der Waals surface area contributed by atoms with Gasteiger partial charge in [0.05, 0.1) is 0 Å². The van der Waals surface area contributed by atoms with E-state index < -0.39 is 0 Å². The molecule has 1 rings (SSSR count). The molecule has 0 heterocycles. The third kappa shape index (κ3) is 3.14. The van der Waals surface area contributed by atoms with Gasteiger partial charge < -0.3 is 5.73 Å². The minimum Gasteiger partial charge on any atom is -0.321 e. The Balaban J connectivity index is 0.00000144. The first-order valence-corrected chi connectivity index (χ1v) is 4.58. The molecule has 0 bridgehead atoms. The number of nitrogens with two attached hydrogens (primary N) is 1. The van der Waals surface area contributed by atoms with E-state index in [9.17, 15) is 0 Å². The van der Waals surface area contributed by atoms with Crippen LogP contribution in [0.25, 0.3) is 0 Å². The lowest BCUT2D eigenvalue weighted by Gasteiger charge is -2.10. The van der Waals surface area contributed by atoms with E-state index >= 15 is 0 Å². The molecule has 0 spiro atoms. The number of aryl methyl sites for hydroxylation is 1. The molecule has 3 heteroatoms. The van der Waals surface area contributed by atoms with Gasteiger partial charge in [0.25, 0.3) is 0 Å². The molecule has 0 aliphatic carbocycles. The summed E-state index contributed by atoms with van der Waals surface area (Å²) in [6.45, 7) is 5.71. The molecule has 13 heavy (non-hydrogen) atoms. The third-order valence-corrected chi connectivity index (χ3v) is 2.35. The smallest absolute Gasteiger partial charge is 0.0481 e. The molecule has 0 fully saturated rings. The highest BCUT2D eigenvalue weighted by atomic mass is 79.9. The molecule has 0 saturated carbocycles. The summed E-state index contributed by atoms with van der Waals surface area (Å²) in [5.74, 6) is 0.